The van der Waals surface area contributed by atoms with Gasteiger partial charge in [0, 0.05) is 6.42 Å². The lowest BCUT2D eigenvalue weighted by molar-refractivity contribution is -0.427. The molecule has 0 amide bonds. The van der Waals surface area contributed by atoms with E-state index in [1.807, 2.05) is 48.8 Å². The SMILES string of the molecule is CCCCC/C=C/C/C=C(/C/C=C/C/C=C/C/C=C/CC[C]=O)[N+](=O)[O-]. The number of unbranched alkanes of at least 4 members (excludes halogenated alkanes) is 4. The Bertz CT molecular complexity index is 513. The molecule has 1 radical (unpaired) electrons. The molecule has 0 unspecified atom stereocenters. The number of carbonyl (C=O) groups excluding carboxylic acids is 1. The van der Waals surface area contributed by atoms with Crippen LogP contribution in [0.3, 0.4) is 0 Å². The minimum absolute atomic E-state index is 0.248. The fraction of sp³-hybridized carbons (Fsp3) is 0.500. The van der Waals surface area contributed by atoms with Crippen LogP contribution < -0.4 is 0 Å². The monoisotopic (exact) mass is 358 g/mol. The summed E-state index contributed by atoms with van der Waals surface area (Å²) in [5.41, 5.74) is 0.248. The lowest BCUT2D eigenvalue weighted by Crippen LogP contribution is -1.97. The van der Waals surface area contributed by atoms with Crippen LogP contribution in [0.5, 0.6) is 0 Å². The summed E-state index contributed by atoms with van der Waals surface area (Å²) >= 11 is 0. The van der Waals surface area contributed by atoms with Gasteiger partial charge in [-0.15, -0.1) is 0 Å². The fourth-order valence-electron chi connectivity index (χ4n) is 2.17. The third kappa shape index (κ3) is 16.6. The standard InChI is InChI=1S/C22H32NO3/c1-2-3-4-5-10-13-16-19-22(23(25)26)20-17-14-11-8-6-7-9-12-15-18-21-24/h6,8-10,12-14,17,19H,2-5,7,11,15-16,18,20H2,1H3/b8-6+,12-9+,13-10+,17-14+,22-19-. The smallest absolute Gasteiger partial charge is 0.246 e. The van der Waals surface area contributed by atoms with E-state index in [1.165, 1.54) is 19.3 Å². The molecule has 4 nitrogen and oxygen atoms in total. The highest BCUT2D eigenvalue weighted by Gasteiger charge is 2.06. The zero-order valence-electron chi connectivity index (χ0n) is 15.9. The molecule has 0 aliphatic carbocycles. The Balaban J connectivity index is 4.02. The van der Waals surface area contributed by atoms with Crippen molar-refractivity contribution >= 4 is 6.29 Å². The third-order valence-corrected chi connectivity index (χ3v) is 3.65. The first-order chi connectivity index (χ1) is 12.7. The topological polar surface area (TPSA) is 60.2 Å². The number of rotatable bonds is 16. The second-order valence-electron chi connectivity index (χ2n) is 5.93. The molecule has 0 aromatic rings. The second-order valence-corrected chi connectivity index (χ2v) is 5.93. The molecule has 0 aromatic carbocycles. The van der Waals surface area contributed by atoms with Crippen molar-refractivity contribution in [1.82, 2.24) is 0 Å². The molecule has 0 aliphatic heterocycles. The summed E-state index contributed by atoms with van der Waals surface area (Å²) in [6.45, 7) is 2.17. The number of nitrogens with zero attached hydrogens (tertiary/aromatic N) is 1. The van der Waals surface area contributed by atoms with Gasteiger partial charge < -0.3 is 0 Å². The molecule has 0 heterocycles. The van der Waals surface area contributed by atoms with Crippen LogP contribution in [0.15, 0.2) is 60.4 Å². The average molecular weight is 359 g/mol. The normalized spacial score (nSPS) is 12.9. The van der Waals surface area contributed by atoms with E-state index in [9.17, 15) is 14.9 Å². The lowest BCUT2D eigenvalue weighted by atomic mass is 10.2. The van der Waals surface area contributed by atoms with Gasteiger partial charge >= 0.3 is 0 Å². The predicted octanol–water partition coefficient (Wildman–Crippen LogP) is 6.40. The molecule has 0 spiro atoms. The quantitative estimate of drug-likeness (QED) is 0.139. The van der Waals surface area contributed by atoms with E-state index in [1.54, 1.807) is 6.08 Å². The first-order valence-electron chi connectivity index (χ1n) is 9.50. The van der Waals surface area contributed by atoms with Gasteiger partial charge in [0.15, 0.2) is 6.29 Å². The Morgan fingerprint density at radius 2 is 1.50 bits per heavy atom. The van der Waals surface area contributed by atoms with Crippen molar-refractivity contribution in [3.05, 3.63) is 70.5 Å². The van der Waals surface area contributed by atoms with Gasteiger partial charge in [-0.2, -0.15) is 0 Å². The van der Waals surface area contributed by atoms with E-state index in [-0.39, 0.29) is 10.6 Å². The van der Waals surface area contributed by atoms with Crippen molar-refractivity contribution in [2.45, 2.75) is 71.1 Å². The van der Waals surface area contributed by atoms with Crippen molar-refractivity contribution in [3.63, 3.8) is 0 Å². The number of hydrogen-bond acceptors (Lipinski definition) is 3. The lowest BCUT2D eigenvalue weighted by Gasteiger charge is -1.94. The van der Waals surface area contributed by atoms with Gasteiger partial charge in [-0.3, -0.25) is 14.9 Å². The Labute approximate surface area is 158 Å². The molecule has 0 rings (SSSR count). The van der Waals surface area contributed by atoms with E-state index < -0.39 is 0 Å². The largest absolute Gasteiger partial charge is 0.291 e. The van der Waals surface area contributed by atoms with Crippen LogP contribution in [0.2, 0.25) is 0 Å². The molecule has 143 valence electrons. The van der Waals surface area contributed by atoms with Crippen LogP contribution >= 0.6 is 0 Å². The second kappa shape index (κ2) is 19.1. The molecular weight excluding hydrogens is 326 g/mol. The molecule has 26 heavy (non-hydrogen) atoms. The van der Waals surface area contributed by atoms with Crippen molar-refractivity contribution < 1.29 is 9.72 Å². The Hall–Kier alpha value is -2.23. The van der Waals surface area contributed by atoms with Crippen LogP contribution in [0, 0.1) is 10.1 Å². The van der Waals surface area contributed by atoms with Gasteiger partial charge in [-0.05, 0) is 44.6 Å². The summed E-state index contributed by atoms with van der Waals surface area (Å²) in [7, 11) is 0. The van der Waals surface area contributed by atoms with E-state index in [0.717, 1.165) is 25.7 Å². The molecule has 0 N–H and O–H groups in total. The molecule has 0 fully saturated rings. The maximum absolute atomic E-state index is 11.1. The van der Waals surface area contributed by atoms with E-state index in [0.29, 0.717) is 19.3 Å². The molecule has 4 heteroatoms. The van der Waals surface area contributed by atoms with Crippen LogP contribution in [0.4, 0.5) is 0 Å². The van der Waals surface area contributed by atoms with E-state index in [2.05, 4.69) is 13.0 Å². The Kier molecular flexibility index (Phi) is 17.5. The van der Waals surface area contributed by atoms with E-state index >= 15 is 0 Å². The van der Waals surface area contributed by atoms with Crippen LogP contribution in [0.1, 0.15) is 71.1 Å². The fourth-order valence-corrected chi connectivity index (χ4v) is 2.17. The maximum Gasteiger partial charge on any atom is 0.246 e. The number of hydrogen-bond donors (Lipinski definition) is 0. The van der Waals surface area contributed by atoms with Crippen LogP contribution in [0.25, 0.3) is 0 Å². The summed E-state index contributed by atoms with van der Waals surface area (Å²) in [6, 6.07) is 0. The zero-order chi connectivity index (χ0) is 19.3. The third-order valence-electron chi connectivity index (χ3n) is 3.65. The first kappa shape index (κ1) is 23.8. The minimum atomic E-state index is -0.299. The summed E-state index contributed by atoms with van der Waals surface area (Å²) in [6.07, 6.45) is 27.9. The predicted molar refractivity (Wildman–Crippen MR) is 109 cm³/mol. The van der Waals surface area contributed by atoms with Crippen molar-refractivity contribution in [3.8, 4) is 0 Å². The Morgan fingerprint density at radius 1 is 0.885 bits per heavy atom. The molecule has 0 aromatic heterocycles. The summed E-state index contributed by atoms with van der Waals surface area (Å²) in [5.74, 6) is 0. The van der Waals surface area contributed by atoms with Gasteiger partial charge in [-0.1, -0.05) is 68.4 Å². The highest BCUT2D eigenvalue weighted by molar-refractivity contribution is 5.50. The molecular formula is C22H32NO3. The average Bonchev–Trinajstić information content (AvgIpc) is 2.63. The zero-order valence-corrected chi connectivity index (χ0v) is 15.9. The van der Waals surface area contributed by atoms with Gasteiger partial charge in [-0.25, -0.2) is 0 Å². The highest BCUT2D eigenvalue weighted by Crippen LogP contribution is 2.07. The van der Waals surface area contributed by atoms with Crippen molar-refractivity contribution in [2.24, 2.45) is 0 Å². The van der Waals surface area contributed by atoms with Crippen LogP contribution in [-0.2, 0) is 4.79 Å². The number of allylic oxidation sites excluding steroid dienone is 9. The highest BCUT2D eigenvalue weighted by atomic mass is 16.6. The van der Waals surface area contributed by atoms with Gasteiger partial charge in [0.05, 0.1) is 11.3 Å². The van der Waals surface area contributed by atoms with Gasteiger partial charge in [0.2, 0.25) is 5.70 Å². The summed E-state index contributed by atoms with van der Waals surface area (Å²) in [4.78, 5) is 20.8. The van der Waals surface area contributed by atoms with Gasteiger partial charge in [0.1, 0.15) is 0 Å². The molecule has 0 aliphatic rings. The van der Waals surface area contributed by atoms with E-state index in [4.69, 9.17) is 0 Å². The summed E-state index contributed by atoms with van der Waals surface area (Å²) < 4.78 is 0. The van der Waals surface area contributed by atoms with Gasteiger partial charge in [0.25, 0.3) is 0 Å². The minimum Gasteiger partial charge on any atom is -0.291 e. The van der Waals surface area contributed by atoms with Crippen molar-refractivity contribution in [1.29, 1.82) is 0 Å². The first-order valence-corrected chi connectivity index (χ1v) is 9.50. The Morgan fingerprint density at radius 3 is 2.15 bits per heavy atom. The molecule has 0 bridgehead atoms. The molecule has 0 saturated heterocycles. The van der Waals surface area contributed by atoms with Crippen LogP contribution in [-0.4, -0.2) is 11.2 Å². The molecule has 0 atom stereocenters. The summed E-state index contributed by atoms with van der Waals surface area (Å²) in [5, 5.41) is 11.1. The number of nitro groups is 1. The van der Waals surface area contributed by atoms with Crippen molar-refractivity contribution in [2.75, 3.05) is 0 Å². The molecule has 0 saturated carbocycles. The maximum atomic E-state index is 11.1.